The van der Waals surface area contributed by atoms with Crippen molar-refractivity contribution in [3.63, 3.8) is 0 Å². The van der Waals surface area contributed by atoms with Gasteiger partial charge in [-0.25, -0.2) is 8.78 Å². The number of hydrogen-bond acceptors (Lipinski definition) is 5. The number of nitro benzene ring substituents is 1. The molecule has 0 aliphatic rings. The van der Waals surface area contributed by atoms with Gasteiger partial charge in [0.1, 0.15) is 24.0 Å². The van der Waals surface area contributed by atoms with E-state index in [-0.39, 0.29) is 23.7 Å². The number of aromatic amines is 1. The number of carbonyl (C=O) groups excluding carboxylic acids is 1. The average molecular weight is 424 g/mol. The summed E-state index contributed by atoms with van der Waals surface area (Å²) in [5.41, 5.74) is 1.06. The van der Waals surface area contributed by atoms with Gasteiger partial charge in [-0.2, -0.15) is 5.10 Å². The molecule has 3 aromatic carbocycles. The van der Waals surface area contributed by atoms with Gasteiger partial charge in [-0.05, 0) is 48.0 Å². The number of nitrogens with one attached hydrogen (secondary N) is 2. The predicted molar refractivity (Wildman–Crippen MR) is 108 cm³/mol. The molecular weight excluding hydrogens is 410 g/mol. The Morgan fingerprint density at radius 1 is 1.06 bits per heavy atom. The van der Waals surface area contributed by atoms with Gasteiger partial charge in [-0.3, -0.25) is 20.0 Å². The van der Waals surface area contributed by atoms with E-state index in [1.807, 2.05) is 0 Å². The van der Waals surface area contributed by atoms with E-state index < -0.39 is 22.5 Å². The van der Waals surface area contributed by atoms with Gasteiger partial charge in [0, 0.05) is 29.1 Å². The summed E-state index contributed by atoms with van der Waals surface area (Å²) >= 11 is 0. The number of nitro groups is 1. The lowest BCUT2D eigenvalue weighted by molar-refractivity contribution is -0.384. The topological polar surface area (TPSA) is 110 Å². The van der Waals surface area contributed by atoms with Crippen molar-refractivity contribution in [1.29, 1.82) is 0 Å². The summed E-state index contributed by atoms with van der Waals surface area (Å²) in [6, 6.07) is 13.2. The first-order valence-electron chi connectivity index (χ1n) is 9.01. The van der Waals surface area contributed by atoms with Crippen molar-refractivity contribution >= 4 is 28.3 Å². The first-order valence-corrected chi connectivity index (χ1v) is 9.01. The van der Waals surface area contributed by atoms with Crippen LogP contribution in [0.2, 0.25) is 0 Å². The number of benzene rings is 3. The fourth-order valence-electron chi connectivity index (χ4n) is 2.95. The molecule has 4 rings (SSSR count). The molecule has 156 valence electrons. The minimum Gasteiger partial charge on any atom is -0.489 e. The third-order valence-corrected chi connectivity index (χ3v) is 4.43. The van der Waals surface area contributed by atoms with Crippen molar-refractivity contribution in [2.75, 3.05) is 5.32 Å². The van der Waals surface area contributed by atoms with Gasteiger partial charge in [0.25, 0.3) is 11.6 Å². The molecule has 8 nitrogen and oxygen atoms in total. The van der Waals surface area contributed by atoms with Gasteiger partial charge in [0.05, 0.1) is 10.4 Å². The SMILES string of the molecule is O=C(Nc1n[nH]c2ccc(OCc3cc(F)cc(F)c3)cc12)c1ccc([N+](=O)[O-])cc1. The van der Waals surface area contributed by atoms with Gasteiger partial charge in [0.2, 0.25) is 0 Å². The molecule has 1 amide bonds. The largest absolute Gasteiger partial charge is 0.489 e. The zero-order chi connectivity index (χ0) is 22.0. The molecule has 0 bridgehead atoms. The summed E-state index contributed by atoms with van der Waals surface area (Å²) < 4.78 is 32.2. The number of rotatable bonds is 6. The van der Waals surface area contributed by atoms with Crippen molar-refractivity contribution in [1.82, 2.24) is 10.2 Å². The molecule has 0 atom stereocenters. The number of nitrogens with zero attached hydrogens (tertiary/aromatic N) is 2. The zero-order valence-corrected chi connectivity index (χ0v) is 15.8. The number of aromatic nitrogens is 2. The Kier molecular flexibility index (Phi) is 5.27. The second kappa shape index (κ2) is 8.19. The maximum atomic E-state index is 13.3. The molecule has 4 aromatic rings. The molecule has 2 N–H and O–H groups in total. The average Bonchev–Trinajstić information content (AvgIpc) is 3.13. The molecule has 1 aromatic heterocycles. The summed E-state index contributed by atoms with van der Waals surface area (Å²) in [5, 5.41) is 20.8. The number of halogens is 2. The van der Waals surface area contributed by atoms with Crippen LogP contribution < -0.4 is 10.1 Å². The second-order valence-corrected chi connectivity index (χ2v) is 6.60. The smallest absolute Gasteiger partial charge is 0.269 e. The fourth-order valence-corrected chi connectivity index (χ4v) is 2.95. The summed E-state index contributed by atoms with van der Waals surface area (Å²) in [6.45, 7) is -0.0531. The Bertz CT molecular complexity index is 1270. The quantitative estimate of drug-likeness (QED) is 0.348. The lowest BCUT2D eigenvalue weighted by atomic mass is 10.2. The van der Waals surface area contributed by atoms with Gasteiger partial charge in [0.15, 0.2) is 5.82 Å². The summed E-state index contributed by atoms with van der Waals surface area (Å²) in [5.74, 6) is -1.24. The number of fused-ring (bicyclic) bond motifs is 1. The molecule has 0 saturated heterocycles. The van der Waals surface area contributed by atoms with Gasteiger partial charge < -0.3 is 10.1 Å². The van der Waals surface area contributed by atoms with Crippen molar-refractivity contribution in [3.8, 4) is 5.75 Å². The molecule has 10 heteroatoms. The summed E-state index contributed by atoms with van der Waals surface area (Å²) in [6.07, 6.45) is 0. The number of H-pyrrole nitrogens is 1. The number of amides is 1. The van der Waals surface area contributed by atoms with E-state index in [1.165, 1.54) is 36.4 Å². The Hall–Kier alpha value is -4.34. The van der Waals surface area contributed by atoms with Crippen LogP contribution in [0.25, 0.3) is 10.9 Å². The molecule has 0 radical (unpaired) electrons. The Morgan fingerprint density at radius 2 is 1.77 bits per heavy atom. The maximum Gasteiger partial charge on any atom is 0.269 e. The third kappa shape index (κ3) is 4.47. The number of hydrogen-bond donors (Lipinski definition) is 2. The van der Waals surface area contributed by atoms with Gasteiger partial charge >= 0.3 is 0 Å². The fraction of sp³-hybridized carbons (Fsp3) is 0.0476. The Morgan fingerprint density at radius 3 is 2.45 bits per heavy atom. The number of carbonyl (C=O) groups is 1. The van der Waals surface area contributed by atoms with Crippen molar-refractivity contribution in [3.05, 3.63) is 93.5 Å². The highest BCUT2D eigenvalue weighted by Crippen LogP contribution is 2.26. The monoisotopic (exact) mass is 424 g/mol. The van der Waals surface area contributed by atoms with Crippen LogP contribution in [0, 0.1) is 21.7 Å². The van der Waals surface area contributed by atoms with Crippen LogP contribution in [0.1, 0.15) is 15.9 Å². The lowest BCUT2D eigenvalue weighted by Crippen LogP contribution is -2.12. The van der Waals surface area contributed by atoms with Crippen LogP contribution in [-0.2, 0) is 6.61 Å². The zero-order valence-electron chi connectivity index (χ0n) is 15.8. The van der Waals surface area contributed by atoms with E-state index in [9.17, 15) is 23.7 Å². The first kappa shape index (κ1) is 20.0. The highest BCUT2D eigenvalue weighted by atomic mass is 19.1. The van der Waals surface area contributed by atoms with Crippen molar-refractivity contribution < 1.29 is 23.2 Å². The van der Waals surface area contributed by atoms with Crippen LogP contribution in [0.3, 0.4) is 0 Å². The first-order chi connectivity index (χ1) is 14.9. The van der Waals surface area contributed by atoms with Gasteiger partial charge in [-0.15, -0.1) is 0 Å². The second-order valence-electron chi connectivity index (χ2n) is 6.60. The molecule has 0 unspecified atom stereocenters. The Labute approximate surface area is 173 Å². The van der Waals surface area contributed by atoms with Crippen LogP contribution in [0.15, 0.2) is 60.7 Å². The molecule has 0 fully saturated rings. The van der Waals surface area contributed by atoms with E-state index in [0.29, 0.717) is 22.2 Å². The number of anilines is 1. The molecule has 0 aliphatic carbocycles. The van der Waals surface area contributed by atoms with E-state index in [2.05, 4.69) is 15.5 Å². The van der Waals surface area contributed by atoms with E-state index in [0.717, 1.165) is 6.07 Å². The highest BCUT2D eigenvalue weighted by molar-refractivity contribution is 6.08. The predicted octanol–water partition coefficient (Wildman–Crippen LogP) is 4.58. The summed E-state index contributed by atoms with van der Waals surface area (Å²) in [4.78, 5) is 22.6. The van der Waals surface area contributed by atoms with Crippen LogP contribution >= 0.6 is 0 Å². The lowest BCUT2D eigenvalue weighted by Gasteiger charge is -2.07. The number of ether oxygens (including phenoxy) is 1. The minimum absolute atomic E-state index is 0.0531. The number of non-ortho nitro benzene ring substituents is 1. The maximum absolute atomic E-state index is 13.3. The van der Waals surface area contributed by atoms with Crippen LogP contribution in [0.4, 0.5) is 20.3 Å². The molecular formula is C21H14F2N4O4. The van der Waals surface area contributed by atoms with E-state index >= 15 is 0 Å². The molecule has 1 heterocycles. The van der Waals surface area contributed by atoms with Gasteiger partial charge in [-0.1, -0.05) is 0 Å². The normalized spacial score (nSPS) is 10.8. The van der Waals surface area contributed by atoms with Crippen LogP contribution in [-0.4, -0.2) is 21.0 Å². The van der Waals surface area contributed by atoms with E-state index in [4.69, 9.17) is 4.74 Å². The minimum atomic E-state index is -0.694. The molecule has 31 heavy (non-hydrogen) atoms. The van der Waals surface area contributed by atoms with Crippen LogP contribution in [0.5, 0.6) is 5.75 Å². The van der Waals surface area contributed by atoms with E-state index in [1.54, 1.807) is 18.2 Å². The highest BCUT2D eigenvalue weighted by Gasteiger charge is 2.14. The standard InChI is InChI=1S/C21H14F2N4O4/c22-14-7-12(8-15(23)9-14)11-31-17-5-6-19-18(10-17)20(26-25-19)24-21(28)13-1-3-16(4-2-13)27(29)30/h1-10H,11H2,(H2,24,25,26,28). The van der Waals surface area contributed by atoms with Crippen molar-refractivity contribution in [2.24, 2.45) is 0 Å². The molecule has 0 spiro atoms. The Balaban J connectivity index is 1.51. The molecule has 0 aliphatic heterocycles. The van der Waals surface area contributed by atoms with Crippen molar-refractivity contribution in [2.45, 2.75) is 6.61 Å². The summed E-state index contributed by atoms with van der Waals surface area (Å²) in [7, 11) is 0. The third-order valence-electron chi connectivity index (χ3n) is 4.43. The molecule has 0 saturated carbocycles.